The van der Waals surface area contributed by atoms with Gasteiger partial charge in [-0.15, -0.1) is 0 Å². The van der Waals surface area contributed by atoms with Crippen molar-refractivity contribution in [2.24, 2.45) is 0 Å². The molecule has 1 aromatic rings. The lowest BCUT2D eigenvalue weighted by atomic mass is 9.98. The molecule has 1 aliphatic rings. The van der Waals surface area contributed by atoms with Crippen LogP contribution in [0.5, 0.6) is 5.75 Å². The van der Waals surface area contributed by atoms with Crippen molar-refractivity contribution in [2.45, 2.75) is 46.3 Å². The Balaban J connectivity index is 2.30. The number of piperazine rings is 1. The van der Waals surface area contributed by atoms with Crippen LogP contribution in [-0.2, 0) is 4.74 Å². The Bertz CT molecular complexity index is 555. The molecule has 1 unspecified atom stereocenters. The zero-order valence-electron chi connectivity index (χ0n) is 15.0. The Hall–Kier alpha value is -1.75. The highest BCUT2D eigenvalue weighted by Gasteiger charge is 2.31. The Labute approximate surface area is 139 Å². The molecule has 1 amide bonds. The summed E-state index contributed by atoms with van der Waals surface area (Å²) >= 11 is 0. The predicted octanol–water partition coefficient (Wildman–Crippen LogP) is 3.19. The number of nitrogens with one attached hydrogen (secondary N) is 1. The molecule has 5 heteroatoms. The first-order valence-electron chi connectivity index (χ1n) is 8.08. The minimum absolute atomic E-state index is 0.0260. The number of nitrogens with zero attached hydrogens (tertiary/aromatic N) is 1. The second kappa shape index (κ2) is 6.79. The summed E-state index contributed by atoms with van der Waals surface area (Å²) in [5, 5.41) is 3.37. The van der Waals surface area contributed by atoms with E-state index in [9.17, 15) is 4.79 Å². The van der Waals surface area contributed by atoms with Gasteiger partial charge in [0, 0.05) is 19.6 Å². The van der Waals surface area contributed by atoms with Crippen LogP contribution >= 0.6 is 0 Å². The average molecular weight is 320 g/mol. The first kappa shape index (κ1) is 17.6. The van der Waals surface area contributed by atoms with Crippen molar-refractivity contribution in [3.8, 4) is 5.75 Å². The van der Waals surface area contributed by atoms with Crippen molar-refractivity contribution in [3.05, 3.63) is 28.8 Å². The molecule has 1 N–H and O–H groups in total. The third kappa shape index (κ3) is 4.16. The maximum Gasteiger partial charge on any atom is 0.410 e. The van der Waals surface area contributed by atoms with Crippen LogP contribution in [0.1, 0.15) is 43.5 Å². The van der Waals surface area contributed by atoms with E-state index in [1.165, 1.54) is 0 Å². The SMILES string of the molecule is COc1c(C)cc(C2CNCCN2C(=O)OC(C)(C)C)cc1C. The predicted molar refractivity (Wildman–Crippen MR) is 91.0 cm³/mol. The van der Waals surface area contributed by atoms with Crippen LogP contribution in [0.2, 0.25) is 0 Å². The fourth-order valence-electron chi connectivity index (χ4n) is 3.04. The summed E-state index contributed by atoms with van der Waals surface area (Å²) in [6.07, 6.45) is -0.255. The summed E-state index contributed by atoms with van der Waals surface area (Å²) in [5.74, 6) is 0.904. The molecule has 0 radical (unpaired) electrons. The van der Waals surface area contributed by atoms with Gasteiger partial charge in [-0.2, -0.15) is 0 Å². The van der Waals surface area contributed by atoms with E-state index in [-0.39, 0.29) is 12.1 Å². The molecule has 0 spiro atoms. The molecule has 0 bridgehead atoms. The smallest absolute Gasteiger partial charge is 0.410 e. The van der Waals surface area contributed by atoms with E-state index < -0.39 is 5.60 Å². The fraction of sp³-hybridized carbons (Fsp3) is 0.611. The summed E-state index contributed by atoms with van der Waals surface area (Å²) in [4.78, 5) is 14.4. The first-order chi connectivity index (χ1) is 10.7. The topological polar surface area (TPSA) is 50.8 Å². The number of ether oxygens (including phenoxy) is 2. The molecule has 1 saturated heterocycles. The van der Waals surface area contributed by atoms with Gasteiger partial charge in [0.15, 0.2) is 0 Å². The van der Waals surface area contributed by atoms with Gasteiger partial charge in [-0.1, -0.05) is 12.1 Å². The van der Waals surface area contributed by atoms with E-state index in [1.54, 1.807) is 7.11 Å². The molecule has 128 valence electrons. The highest BCUT2D eigenvalue weighted by atomic mass is 16.6. The number of methoxy groups -OCH3 is 1. The Morgan fingerprint density at radius 3 is 2.39 bits per heavy atom. The lowest BCUT2D eigenvalue weighted by Gasteiger charge is -2.37. The molecule has 1 fully saturated rings. The number of carbonyl (C=O) groups excluding carboxylic acids is 1. The van der Waals surface area contributed by atoms with Crippen LogP contribution in [0.3, 0.4) is 0 Å². The van der Waals surface area contributed by atoms with Gasteiger partial charge < -0.3 is 14.8 Å². The lowest BCUT2D eigenvalue weighted by Crippen LogP contribution is -2.50. The van der Waals surface area contributed by atoms with Gasteiger partial charge in [-0.25, -0.2) is 4.79 Å². The second-order valence-electron chi connectivity index (χ2n) is 7.08. The zero-order chi connectivity index (χ0) is 17.2. The van der Waals surface area contributed by atoms with Crippen molar-refractivity contribution in [3.63, 3.8) is 0 Å². The summed E-state index contributed by atoms with van der Waals surface area (Å²) < 4.78 is 11.0. The van der Waals surface area contributed by atoms with Crippen LogP contribution in [0.15, 0.2) is 12.1 Å². The summed E-state index contributed by atoms with van der Waals surface area (Å²) in [7, 11) is 1.68. The van der Waals surface area contributed by atoms with Gasteiger partial charge in [-0.05, 0) is 51.3 Å². The van der Waals surface area contributed by atoms with E-state index in [1.807, 2.05) is 39.5 Å². The first-order valence-corrected chi connectivity index (χ1v) is 8.08. The highest BCUT2D eigenvalue weighted by molar-refractivity contribution is 5.69. The van der Waals surface area contributed by atoms with E-state index in [0.717, 1.165) is 35.5 Å². The molecular weight excluding hydrogens is 292 g/mol. The van der Waals surface area contributed by atoms with Crippen molar-refractivity contribution >= 4 is 6.09 Å². The van der Waals surface area contributed by atoms with Gasteiger partial charge in [-0.3, -0.25) is 4.90 Å². The minimum atomic E-state index is -0.488. The van der Waals surface area contributed by atoms with Gasteiger partial charge in [0.2, 0.25) is 0 Å². The Kier molecular flexibility index (Phi) is 5.19. The van der Waals surface area contributed by atoms with Crippen LogP contribution < -0.4 is 10.1 Å². The third-order valence-electron chi connectivity index (χ3n) is 3.94. The molecule has 2 rings (SSSR count). The van der Waals surface area contributed by atoms with Crippen molar-refractivity contribution in [2.75, 3.05) is 26.7 Å². The van der Waals surface area contributed by atoms with Gasteiger partial charge in [0.1, 0.15) is 11.4 Å². The van der Waals surface area contributed by atoms with E-state index in [2.05, 4.69) is 17.4 Å². The van der Waals surface area contributed by atoms with Gasteiger partial charge in [0.25, 0.3) is 0 Å². The standard InChI is InChI=1S/C18H28N2O3/c1-12-9-14(10-13(2)16(12)22-6)15-11-19-7-8-20(15)17(21)23-18(3,4)5/h9-10,15,19H,7-8,11H2,1-6H3. The summed E-state index contributed by atoms with van der Waals surface area (Å²) in [6, 6.07) is 4.17. The van der Waals surface area contributed by atoms with Crippen LogP contribution in [0.4, 0.5) is 4.79 Å². The third-order valence-corrected chi connectivity index (χ3v) is 3.94. The lowest BCUT2D eigenvalue weighted by molar-refractivity contribution is 0.0118. The maximum atomic E-state index is 12.5. The number of amides is 1. The molecule has 23 heavy (non-hydrogen) atoms. The van der Waals surface area contributed by atoms with Crippen molar-refractivity contribution < 1.29 is 14.3 Å². The number of carbonyl (C=O) groups is 1. The largest absolute Gasteiger partial charge is 0.496 e. The highest BCUT2D eigenvalue weighted by Crippen LogP contribution is 2.31. The quantitative estimate of drug-likeness (QED) is 0.909. The molecule has 0 aliphatic carbocycles. The second-order valence-corrected chi connectivity index (χ2v) is 7.08. The number of hydrogen-bond acceptors (Lipinski definition) is 4. The molecule has 0 saturated carbocycles. The molecule has 1 atom stereocenters. The number of hydrogen-bond donors (Lipinski definition) is 1. The minimum Gasteiger partial charge on any atom is -0.496 e. The normalized spacial score (nSPS) is 18.7. The molecule has 1 aliphatic heterocycles. The van der Waals surface area contributed by atoms with Crippen molar-refractivity contribution in [1.29, 1.82) is 0 Å². The number of benzene rings is 1. The fourth-order valence-corrected chi connectivity index (χ4v) is 3.04. The molecule has 1 heterocycles. The molecule has 0 aromatic heterocycles. The Morgan fingerprint density at radius 1 is 1.26 bits per heavy atom. The molecular formula is C18H28N2O3. The maximum absolute atomic E-state index is 12.5. The van der Waals surface area contributed by atoms with Crippen LogP contribution in [0, 0.1) is 13.8 Å². The average Bonchev–Trinajstić information content (AvgIpc) is 2.45. The monoisotopic (exact) mass is 320 g/mol. The van der Waals surface area contributed by atoms with E-state index in [0.29, 0.717) is 6.54 Å². The van der Waals surface area contributed by atoms with Gasteiger partial charge in [0.05, 0.1) is 13.2 Å². The number of aryl methyl sites for hydroxylation is 2. The van der Waals surface area contributed by atoms with Gasteiger partial charge >= 0.3 is 6.09 Å². The van der Waals surface area contributed by atoms with Crippen LogP contribution in [-0.4, -0.2) is 43.3 Å². The van der Waals surface area contributed by atoms with E-state index >= 15 is 0 Å². The van der Waals surface area contributed by atoms with Crippen LogP contribution in [0.25, 0.3) is 0 Å². The molecule has 1 aromatic carbocycles. The Morgan fingerprint density at radius 2 is 1.87 bits per heavy atom. The van der Waals surface area contributed by atoms with E-state index in [4.69, 9.17) is 9.47 Å². The van der Waals surface area contributed by atoms with Crippen molar-refractivity contribution in [1.82, 2.24) is 10.2 Å². The summed E-state index contributed by atoms with van der Waals surface area (Å²) in [6.45, 7) is 11.9. The number of rotatable bonds is 2. The summed E-state index contributed by atoms with van der Waals surface area (Å²) in [5.41, 5.74) is 2.78. The molecule has 5 nitrogen and oxygen atoms in total. The zero-order valence-corrected chi connectivity index (χ0v) is 15.0.